The van der Waals surface area contributed by atoms with Gasteiger partial charge in [0.2, 0.25) is 0 Å². The van der Waals surface area contributed by atoms with E-state index in [2.05, 4.69) is 5.32 Å². The second-order valence-corrected chi connectivity index (χ2v) is 7.46. The molecule has 1 unspecified atom stereocenters. The molecule has 0 heterocycles. The maximum Gasteiger partial charge on any atom is 0.407 e. The van der Waals surface area contributed by atoms with E-state index in [9.17, 15) is 9.59 Å². The summed E-state index contributed by atoms with van der Waals surface area (Å²) in [5.74, 6) is -0.378. The average Bonchev–Trinajstić information content (AvgIpc) is 2.59. The van der Waals surface area contributed by atoms with Crippen molar-refractivity contribution in [1.82, 2.24) is 5.32 Å². The van der Waals surface area contributed by atoms with Gasteiger partial charge in [-0.15, -0.1) is 0 Å². The third-order valence-electron chi connectivity index (χ3n) is 3.78. The molecule has 2 aromatic rings. The Bertz CT molecular complexity index is 748. The molecule has 1 N–H and O–H groups in total. The van der Waals surface area contributed by atoms with E-state index >= 15 is 0 Å². The Morgan fingerprint density at radius 2 is 1.63 bits per heavy atom. The summed E-state index contributed by atoms with van der Waals surface area (Å²) in [5, 5.41) is 2.78. The number of benzene rings is 2. The van der Waals surface area contributed by atoms with Crippen LogP contribution in [0.5, 0.6) is 0 Å². The van der Waals surface area contributed by atoms with E-state index < -0.39 is 17.7 Å². The first-order chi connectivity index (χ1) is 12.7. The summed E-state index contributed by atoms with van der Waals surface area (Å²) in [6, 6.07) is 16.6. The fraction of sp³-hybridized carbons (Fsp3) is 0.364. The van der Waals surface area contributed by atoms with Crippen molar-refractivity contribution in [3.63, 3.8) is 0 Å². The fourth-order valence-corrected chi connectivity index (χ4v) is 2.51. The number of carbonyl (C=O) groups is 2. The molecule has 5 heteroatoms. The smallest absolute Gasteiger partial charge is 0.407 e. The van der Waals surface area contributed by atoms with Crippen molar-refractivity contribution >= 4 is 12.1 Å². The molecule has 0 aliphatic carbocycles. The van der Waals surface area contributed by atoms with E-state index in [1.165, 1.54) is 0 Å². The zero-order chi connectivity index (χ0) is 19.9. The van der Waals surface area contributed by atoms with Crippen molar-refractivity contribution in [2.75, 3.05) is 0 Å². The van der Waals surface area contributed by atoms with Crippen LogP contribution in [-0.4, -0.2) is 17.7 Å². The maximum atomic E-state index is 12.3. The molecule has 0 aliphatic heterocycles. The standard InChI is InChI=1S/C22H27NO4/c1-16-10-12-18(13-11-16)19(14-20(24)27-22(2,3)4)23-21(25)26-15-17-8-6-5-7-9-17/h5-13,19H,14-15H2,1-4H3,(H,23,25). The predicted octanol–water partition coefficient (Wildman–Crippen LogP) is 4.69. The Morgan fingerprint density at radius 3 is 2.22 bits per heavy atom. The van der Waals surface area contributed by atoms with E-state index in [1.807, 2.05) is 82.3 Å². The minimum atomic E-state index is -0.581. The first-order valence-corrected chi connectivity index (χ1v) is 8.98. The first kappa shape index (κ1) is 20.5. The van der Waals surface area contributed by atoms with Gasteiger partial charge in [0, 0.05) is 0 Å². The van der Waals surface area contributed by atoms with Crippen molar-refractivity contribution in [2.24, 2.45) is 0 Å². The molecule has 2 rings (SSSR count). The van der Waals surface area contributed by atoms with Gasteiger partial charge in [-0.25, -0.2) is 4.79 Å². The quantitative estimate of drug-likeness (QED) is 0.750. The monoisotopic (exact) mass is 369 g/mol. The number of rotatable bonds is 6. The van der Waals surface area contributed by atoms with Crippen LogP contribution < -0.4 is 5.32 Å². The Balaban J connectivity index is 2.03. The third kappa shape index (κ3) is 7.52. The summed E-state index contributed by atoms with van der Waals surface area (Å²) in [5.41, 5.74) is 2.24. The number of ether oxygens (including phenoxy) is 2. The topological polar surface area (TPSA) is 64.6 Å². The Kier molecular flexibility index (Phi) is 6.99. The van der Waals surface area contributed by atoms with Crippen molar-refractivity contribution in [3.05, 3.63) is 71.3 Å². The molecule has 1 atom stereocenters. The van der Waals surface area contributed by atoms with E-state index in [-0.39, 0.29) is 19.0 Å². The normalized spacial score (nSPS) is 12.1. The van der Waals surface area contributed by atoms with Crippen molar-refractivity contribution in [3.8, 4) is 0 Å². The van der Waals surface area contributed by atoms with Crippen LogP contribution >= 0.6 is 0 Å². The van der Waals surface area contributed by atoms with Gasteiger partial charge in [0.15, 0.2) is 0 Å². The molecule has 0 spiro atoms. The number of amides is 1. The fourth-order valence-electron chi connectivity index (χ4n) is 2.51. The minimum absolute atomic E-state index is 0.0285. The Labute approximate surface area is 160 Å². The lowest BCUT2D eigenvalue weighted by molar-refractivity contribution is -0.155. The molecule has 0 aliphatic rings. The predicted molar refractivity (Wildman–Crippen MR) is 104 cm³/mol. The molecule has 0 saturated carbocycles. The second-order valence-electron chi connectivity index (χ2n) is 7.46. The summed E-state index contributed by atoms with van der Waals surface area (Å²) in [6.07, 6.45) is -0.547. The van der Waals surface area contributed by atoms with Gasteiger partial charge in [0.05, 0.1) is 12.5 Å². The molecule has 2 aromatic carbocycles. The van der Waals surface area contributed by atoms with Gasteiger partial charge in [-0.3, -0.25) is 4.79 Å². The number of aryl methyl sites for hydroxylation is 1. The molecule has 27 heavy (non-hydrogen) atoms. The SMILES string of the molecule is Cc1ccc(C(CC(=O)OC(C)(C)C)NC(=O)OCc2ccccc2)cc1. The Hall–Kier alpha value is -2.82. The zero-order valence-corrected chi connectivity index (χ0v) is 16.3. The van der Waals surface area contributed by atoms with Crippen molar-refractivity contribution < 1.29 is 19.1 Å². The lowest BCUT2D eigenvalue weighted by Crippen LogP contribution is -2.33. The number of alkyl carbamates (subject to hydrolysis) is 1. The highest BCUT2D eigenvalue weighted by atomic mass is 16.6. The van der Waals surface area contributed by atoms with Gasteiger partial charge < -0.3 is 14.8 Å². The molecule has 0 bridgehead atoms. The van der Waals surface area contributed by atoms with Crippen LogP contribution in [0.2, 0.25) is 0 Å². The summed E-state index contributed by atoms with van der Waals surface area (Å²) in [6.45, 7) is 7.59. The highest BCUT2D eigenvalue weighted by Crippen LogP contribution is 2.20. The summed E-state index contributed by atoms with van der Waals surface area (Å²) < 4.78 is 10.7. The van der Waals surface area contributed by atoms with Gasteiger partial charge in [0.25, 0.3) is 0 Å². The molecule has 144 valence electrons. The summed E-state index contributed by atoms with van der Waals surface area (Å²) >= 11 is 0. The molecule has 0 aromatic heterocycles. The Morgan fingerprint density at radius 1 is 1.00 bits per heavy atom. The number of nitrogens with one attached hydrogen (secondary N) is 1. The van der Waals surface area contributed by atoms with Gasteiger partial charge in [-0.1, -0.05) is 60.2 Å². The summed E-state index contributed by atoms with van der Waals surface area (Å²) in [4.78, 5) is 24.5. The minimum Gasteiger partial charge on any atom is -0.460 e. The first-order valence-electron chi connectivity index (χ1n) is 8.98. The highest BCUT2D eigenvalue weighted by molar-refractivity contribution is 5.73. The van der Waals surface area contributed by atoms with Crippen LogP contribution in [0.1, 0.15) is 49.9 Å². The van der Waals surface area contributed by atoms with Crippen LogP contribution in [0.3, 0.4) is 0 Å². The van der Waals surface area contributed by atoms with E-state index in [0.717, 1.165) is 16.7 Å². The van der Waals surface area contributed by atoms with E-state index in [4.69, 9.17) is 9.47 Å². The number of carbonyl (C=O) groups excluding carboxylic acids is 2. The van der Waals surface area contributed by atoms with Crippen molar-refractivity contribution in [2.45, 2.75) is 52.4 Å². The van der Waals surface area contributed by atoms with Crippen LogP contribution in [-0.2, 0) is 20.9 Å². The highest BCUT2D eigenvalue weighted by Gasteiger charge is 2.23. The van der Waals surface area contributed by atoms with Gasteiger partial charge in [-0.2, -0.15) is 0 Å². The molecular weight excluding hydrogens is 342 g/mol. The van der Waals surface area contributed by atoms with E-state index in [0.29, 0.717) is 0 Å². The largest absolute Gasteiger partial charge is 0.460 e. The molecule has 0 radical (unpaired) electrons. The lowest BCUT2D eigenvalue weighted by atomic mass is 10.0. The average molecular weight is 369 g/mol. The van der Waals surface area contributed by atoms with Crippen LogP contribution in [0.4, 0.5) is 4.79 Å². The number of esters is 1. The lowest BCUT2D eigenvalue weighted by Gasteiger charge is -2.23. The third-order valence-corrected chi connectivity index (χ3v) is 3.78. The van der Waals surface area contributed by atoms with Crippen molar-refractivity contribution in [1.29, 1.82) is 0 Å². The van der Waals surface area contributed by atoms with Crippen LogP contribution in [0, 0.1) is 6.92 Å². The van der Waals surface area contributed by atoms with E-state index in [1.54, 1.807) is 0 Å². The molecule has 5 nitrogen and oxygen atoms in total. The van der Waals surface area contributed by atoms with Gasteiger partial charge >= 0.3 is 12.1 Å². The van der Waals surface area contributed by atoms with Gasteiger partial charge in [-0.05, 0) is 38.8 Å². The molecule has 1 amide bonds. The van der Waals surface area contributed by atoms with Gasteiger partial charge in [0.1, 0.15) is 12.2 Å². The number of hydrogen-bond acceptors (Lipinski definition) is 4. The van der Waals surface area contributed by atoms with Crippen LogP contribution in [0.25, 0.3) is 0 Å². The summed E-state index contributed by atoms with van der Waals surface area (Å²) in [7, 11) is 0. The molecule has 0 fully saturated rings. The maximum absolute atomic E-state index is 12.3. The van der Waals surface area contributed by atoms with Crippen LogP contribution in [0.15, 0.2) is 54.6 Å². The number of hydrogen-bond donors (Lipinski definition) is 1. The zero-order valence-electron chi connectivity index (χ0n) is 16.3. The molecule has 0 saturated heterocycles. The molecular formula is C22H27NO4. The second kappa shape index (κ2) is 9.21.